The summed E-state index contributed by atoms with van der Waals surface area (Å²) < 4.78 is 32.4. The first-order chi connectivity index (χ1) is 10.7. The van der Waals surface area contributed by atoms with Gasteiger partial charge in [0.2, 0.25) is 5.91 Å². The van der Waals surface area contributed by atoms with Crippen LogP contribution in [0.5, 0.6) is 5.75 Å². The van der Waals surface area contributed by atoms with E-state index in [9.17, 15) is 13.2 Å². The summed E-state index contributed by atoms with van der Waals surface area (Å²) in [5, 5.41) is 0.468. The number of aryl methyl sites for hydroxylation is 1. The Morgan fingerprint density at radius 1 is 1.22 bits per heavy atom. The van der Waals surface area contributed by atoms with Crippen LogP contribution in [0.3, 0.4) is 0 Å². The van der Waals surface area contributed by atoms with Crippen molar-refractivity contribution in [3.63, 3.8) is 0 Å². The fourth-order valence-electron chi connectivity index (χ4n) is 1.91. The van der Waals surface area contributed by atoms with Gasteiger partial charge in [0.1, 0.15) is 5.75 Å². The SMILES string of the molecule is COc1cc(Cl)c(C)cc1NS(=O)(=O)c1ccc(C(N)=O)cc1. The van der Waals surface area contributed by atoms with Crippen LogP contribution in [0, 0.1) is 6.92 Å². The summed E-state index contributed by atoms with van der Waals surface area (Å²) in [6.07, 6.45) is 0. The standard InChI is InChI=1S/C15H15ClN2O4S/c1-9-7-13(14(22-2)8-12(9)16)18-23(20,21)11-5-3-10(4-6-11)15(17)19/h3-8,18H,1-2H3,(H2,17,19). The predicted molar refractivity (Wildman–Crippen MR) is 88.5 cm³/mol. The normalized spacial score (nSPS) is 11.1. The second kappa shape index (κ2) is 6.47. The van der Waals surface area contributed by atoms with E-state index in [0.29, 0.717) is 16.3 Å². The zero-order valence-electron chi connectivity index (χ0n) is 12.5. The molecule has 0 aliphatic heterocycles. The molecular formula is C15H15ClN2O4S. The number of halogens is 1. The van der Waals surface area contributed by atoms with Crippen LogP contribution in [0.25, 0.3) is 0 Å². The summed E-state index contributed by atoms with van der Waals surface area (Å²) in [7, 11) is -2.43. The van der Waals surface area contributed by atoms with Gasteiger partial charge in [-0.1, -0.05) is 11.6 Å². The molecule has 2 aromatic carbocycles. The van der Waals surface area contributed by atoms with Crippen molar-refractivity contribution in [2.75, 3.05) is 11.8 Å². The van der Waals surface area contributed by atoms with Crippen LogP contribution in [0.4, 0.5) is 5.69 Å². The van der Waals surface area contributed by atoms with Gasteiger partial charge < -0.3 is 10.5 Å². The first-order valence-corrected chi connectivity index (χ1v) is 8.37. The Bertz CT molecular complexity index is 849. The van der Waals surface area contributed by atoms with Crippen molar-refractivity contribution in [1.29, 1.82) is 0 Å². The molecule has 0 heterocycles. The molecule has 6 nitrogen and oxygen atoms in total. The number of ether oxygens (including phenoxy) is 1. The first-order valence-electron chi connectivity index (χ1n) is 6.51. The minimum absolute atomic E-state index is 0.00263. The lowest BCUT2D eigenvalue weighted by Crippen LogP contribution is -2.15. The van der Waals surface area contributed by atoms with Gasteiger partial charge in [0.05, 0.1) is 17.7 Å². The zero-order chi connectivity index (χ0) is 17.2. The lowest BCUT2D eigenvalue weighted by Gasteiger charge is -2.13. The summed E-state index contributed by atoms with van der Waals surface area (Å²) in [4.78, 5) is 11.0. The van der Waals surface area contributed by atoms with Gasteiger partial charge >= 0.3 is 0 Å². The molecule has 2 rings (SSSR count). The van der Waals surface area contributed by atoms with E-state index in [0.717, 1.165) is 0 Å². The van der Waals surface area contributed by atoms with Crippen LogP contribution in [0.1, 0.15) is 15.9 Å². The van der Waals surface area contributed by atoms with E-state index in [2.05, 4.69) is 4.72 Å². The fraction of sp³-hybridized carbons (Fsp3) is 0.133. The van der Waals surface area contributed by atoms with Gasteiger partial charge in [-0.2, -0.15) is 0 Å². The van der Waals surface area contributed by atoms with Crippen LogP contribution in [-0.2, 0) is 10.0 Å². The highest BCUT2D eigenvalue weighted by molar-refractivity contribution is 7.92. The number of nitrogens with two attached hydrogens (primary N) is 1. The van der Waals surface area contributed by atoms with Gasteiger partial charge in [-0.3, -0.25) is 9.52 Å². The van der Waals surface area contributed by atoms with Crippen molar-refractivity contribution >= 4 is 33.2 Å². The van der Waals surface area contributed by atoms with Crippen LogP contribution in [-0.4, -0.2) is 21.4 Å². The van der Waals surface area contributed by atoms with E-state index >= 15 is 0 Å². The first kappa shape index (κ1) is 17.1. The van der Waals surface area contributed by atoms with E-state index in [-0.39, 0.29) is 16.1 Å². The third-order valence-electron chi connectivity index (χ3n) is 3.17. The second-order valence-corrected chi connectivity index (χ2v) is 6.89. The Balaban J connectivity index is 2.38. The fourth-order valence-corrected chi connectivity index (χ4v) is 3.13. The van der Waals surface area contributed by atoms with Gasteiger partial charge in [-0.25, -0.2) is 8.42 Å². The van der Waals surface area contributed by atoms with E-state index in [1.165, 1.54) is 37.4 Å². The Kier molecular flexibility index (Phi) is 4.82. The maximum absolute atomic E-state index is 12.4. The summed E-state index contributed by atoms with van der Waals surface area (Å²) in [5.41, 5.74) is 6.33. The molecule has 0 unspecified atom stereocenters. The molecular weight excluding hydrogens is 340 g/mol. The molecule has 0 fully saturated rings. The molecule has 0 spiro atoms. The smallest absolute Gasteiger partial charge is 0.262 e. The number of hydrogen-bond acceptors (Lipinski definition) is 4. The van der Waals surface area contributed by atoms with Gasteiger partial charge in [0, 0.05) is 16.7 Å². The number of rotatable bonds is 5. The second-order valence-electron chi connectivity index (χ2n) is 4.80. The number of benzene rings is 2. The van der Waals surface area contributed by atoms with Crippen molar-refractivity contribution in [1.82, 2.24) is 0 Å². The molecule has 0 aliphatic carbocycles. The summed E-state index contributed by atoms with van der Waals surface area (Å²) in [6, 6.07) is 8.42. The average molecular weight is 355 g/mol. The number of primary amides is 1. The third-order valence-corrected chi connectivity index (χ3v) is 4.96. The van der Waals surface area contributed by atoms with Crippen molar-refractivity contribution in [2.24, 2.45) is 5.73 Å². The van der Waals surface area contributed by atoms with Gasteiger partial charge in [-0.05, 0) is 42.8 Å². The number of carbonyl (C=O) groups is 1. The largest absolute Gasteiger partial charge is 0.495 e. The van der Waals surface area contributed by atoms with Gasteiger partial charge in [0.15, 0.2) is 0 Å². The van der Waals surface area contributed by atoms with Crippen molar-refractivity contribution in [3.05, 3.63) is 52.5 Å². The topological polar surface area (TPSA) is 98.5 Å². The molecule has 1 amide bonds. The summed E-state index contributed by atoms with van der Waals surface area (Å²) >= 11 is 6.00. The minimum atomic E-state index is -3.84. The molecule has 0 bridgehead atoms. The highest BCUT2D eigenvalue weighted by Gasteiger charge is 2.18. The highest BCUT2D eigenvalue weighted by Crippen LogP contribution is 2.32. The number of hydrogen-bond donors (Lipinski definition) is 2. The molecule has 8 heteroatoms. The van der Waals surface area contributed by atoms with Crippen molar-refractivity contribution in [2.45, 2.75) is 11.8 Å². The van der Waals surface area contributed by atoms with Crippen molar-refractivity contribution in [3.8, 4) is 5.75 Å². The number of anilines is 1. The maximum atomic E-state index is 12.4. The lowest BCUT2D eigenvalue weighted by molar-refractivity contribution is 0.1000. The van der Waals surface area contributed by atoms with E-state index < -0.39 is 15.9 Å². The summed E-state index contributed by atoms with van der Waals surface area (Å²) in [5.74, 6) is -0.324. The number of sulfonamides is 1. The minimum Gasteiger partial charge on any atom is -0.495 e. The molecule has 2 aromatic rings. The molecule has 122 valence electrons. The van der Waals surface area contributed by atoms with Crippen LogP contribution in [0.2, 0.25) is 5.02 Å². The number of amides is 1. The molecule has 0 radical (unpaired) electrons. The Hall–Kier alpha value is -2.25. The number of carbonyl (C=O) groups excluding carboxylic acids is 1. The van der Waals surface area contributed by atoms with E-state index in [4.69, 9.17) is 22.1 Å². The van der Waals surface area contributed by atoms with E-state index in [1.54, 1.807) is 13.0 Å². The Morgan fingerprint density at radius 3 is 2.35 bits per heavy atom. The Morgan fingerprint density at radius 2 is 1.83 bits per heavy atom. The third kappa shape index (κ3) is 3.75. The van der Waals surface area contributed by atoms with Gasteiger partial charge in [0.25, 0.3) is 10.0 Å². The van der Waals surface area contributed by atoms with Crippen LogP contribution < -0.4 is 15.2 Å². The molecule has 23 heavy (non-hydrogen) atoms. The molecule has 0 aliphatic rings. The van der Waals surface area contributed by atoms with Crippen LogP contribution >= 0.6 is 11.6 Å². The highest BCUT2D eigenvalue weighted by atomic mass is 35.5. The number of nitrogens with one attached hydrogen (secondary N) is 1. The monoisotopic (exact) mass is 354 g/mol. The molecule has 0 atom stereocenters. The maximum Gasteiger partial charge on any atom is 0.262 e. The number of methoxy groups -OCH3 is 1. The molecule has 0 saturated heterocycles. The van der Waals surface area contributed by atoms with E-state index in [1.807, 2.05) is 0 Å². The zero-order valence-corrected chi connectivity index (χ0v) is 14.0. The lowest BCUT2D eigenvalue weighted by atomic mass is 10.2. The van der Waals surface area contributed by atoms with Crippen LogP contribution in [0.15, 0.2) is 41.3 Å². The predicted octanol–water partition coefficient (Wildman–Crippen LogP) is 2.56. The Labute approximate surface area is 139 Å². The average Bonchev–Trinajstić information content (AvgIpc) is 2.50. The van der Waals surface area contributed by atoms with Crippen molar-refractivity contribution < 1.29 is 17.9 Å². The molecule has 3 N–H and O–H groups in total. The van der Waals surface area contributed by atoms with Gasteiger partial charge in [-0.15, -0.1) is 0 Å². The molecule has 0 aromatic heterocycles. The summed E-state index contributed by atoms with van der Waals surface area (Å²) in [6.45, 7) is 1.75. The quantitative estimate of drug-likeness (QED) is 0.861. The molecule has 0 saturated carbocycles.